The normalized spacial score (nSPS) is 17.0. The van der Waals surface area contributed by atoms with Crippen molar-refractivity contribution in [2.45, 2.75) is 117 Å². The van der Waals surface area contributed by atoms with Crippen molar-refractivity contribution < 1.29 is 57.3 Å². The van der Waals surface area contributed by atoms with Crippen molar-refractivity contribution in [3.8, 4) is 33.6 Å². The Morgan fingerprint density at radius 3 is 0.961 bits per heavy atom. The molecular formula is C54H72N10O12. The average Bonchev–Trinajstić information content (AvgIpc) is 4.26. The molecule has 4 aromatic rings. The zero-order chi connectivity index (χ0) is 55.7. The van der Waals surface area contributed by atoms with Gasteiger partial charge >= 0.3 is 24.4 Å². The fraction of sp³-hybridized carbons (Fsp3) is 0.519. The van der Waals surface area contributed by atoms with Crippen LogP contribution in [0.15, 0.2) is 60.9 Å². The number of nitrogens with one attached hydrogen (secondary N) is 4. The average molecular weight is 1050 g/mol. The Morgan fingerprint density at radius 1 is 0.434 bits per heavy atom. The van der Waals surface area contributed by atoms with E-state index in [1.165, 1.54) is 37.6 Å². The molecule has 2 aliphatic heterocycles. The van der Waals surface area contributed by atoms with E-state index in [4.69, 9.17) is 28.9 Å². The van der Waals surface area contributed by atoms with Crippen LogP contribution in [0.5, 0.6) is 0 Å². The second kappa shape index (κ2) is 25.2. The van der Waals surface area contributed by atoms with E-state index >= 15 is 0 Å². The fourth-order valence-corrected chi connectivity index (χ4v) is 9.77. The van der Waals surface area contributed by atoms with Crippen molar-refractivity contribution >= 4 is 48.0 Å². The number of aromatic nitrogens is 4. The molecule has 410 valence electrons. The predicted molar refractivity (Wildman–Crippen MR) is 280 cm³/mol. The summed E-state index contributed by atoms with van der Waals surface area (Å²) in [6.07, 6.45) is 2.27. The fourth-order valence-electron chi connectivity index (χ4n) is 9.77. The molecule has 0 spiro atoms. The van der Waals surface area contributed by atoms with Gasteiger partial charge in [-0.2, -0.15) is 0 Å². The van der Waals surface area contributed by atoms with Crippen molar-refractivity contribution in [3.63, 3.8) is 0 Å². The monoisotopic (exact) mass is 1050 g/mol. The summed E-state index contributed by atoms with van der Waals surface area (Å²) < 4.78 is 22.3. The Bertz CT molecular complexity index is 2560. The van der Waals surface area contributed by atoms with E-state index in [-0.39, 0.29) is 35.5 Å². The third-order valence-electron chi connectivity index (χ3n) is 13.9. The first kappa shape index (κ1) is 57.5. The van der Waals surface area contributed by atoms with Gasteiger partial charge in [0.2, 0.25) is 11.8 Å². The Labute approximate surface area is 442 Å². The molecule has 2 fully saturated rings. The molecule has 0 radical (unpaired) electrons. The molecular weight excluding hydrogens is 981 g/mol. The van der Waals surface area contributed by atoms with Crippen molar-refractivity contribution in [1.82, 2.24) is 50.2 Å². The molecule has 0 aliphatic carbocycles. The second-order valence-electron chi connectivity index (χ2n) is 20.3. The molecule has 2 aromatic carbocycles. The van der Waals surface area contributed by atoms with E-state index in [0.717, 1.165) is 11.1 Å². The summed E-state index contributed by atoms with van der Waals surface area (Å²) in [4.78, 5) is 121. The Morgan fingerprint density at radius 2 is 0.697 bits per heavy atom. The van der Waals surface area contributed by atoms with Gasteiger partial charge in [0.05, 0.1) is 64.3 Å². The lowest BCUT2D eigenvalue weighted by Crippen LogP contribution is -2.51. The first-order valence-electron chi connectivity index (χ1n) is 25.6. The third kappa shape index (κ3) is 12.5. The lowest BCUT2D eigenvalue weighted by Gasteiger charge is -2.31. The standard InChI is InChI=1S/C54H72N10O12/c1-29(2)41(57-51(69)73-9)47(65)61-25-13-15-37(61)45-55-27-39(63(45)49(67)43(31(5)6)59-53(71)75-11)35-21-17-33(18-22-35)34-19-23-36(24-20-34)40-28-56-46(64(40)50(68)44(32(7)8)60-54(72)76-12)38-16-14-26-62(38)48(66)42(30(3)4)58-52(70)74-10/h17-24,27-32,37-38,41-44H,13-16,25-26H2,1-12H3,(H,57,69)(H,58,70)(H,59,71)(H,60,72)/t37-,38-,41-,42-,43-,44-/m0/s1. The SMILES string of the molecule is COC(=O)N[C@H](C(=O)N1CCC[C@H]1c1ncc(-c2ccc(-c3ccc(-c4cnc([C@@H]5CCCN5C(=O)[C@@H](NC(=O)OC)C(C)C)n4C(=O)[C@@H](NC(=O)OC)C(C)C)cc3)cc2)n1C(=O)[C@@H](NC(=O)OC)C(C)C)C(C)C. The molecule has 4 N–H and O–H groups in total. The van der Waals surface area contributed by atoms with Crippen molar-refractivity contribution in [3.05, 3.63) is 72.6 Å². The molecule has 6 amide bonds. The van der Waals surface area contributed by atoms with Gasteiger partial charge in [-0.25, -0.2) is 29.1 Å². The number of carbonyl (C=O) groups is 8. The molecule has 4 heterocycles. The van der Waals surface area contributed by atoms with E-state index < -0.39 is 72.4 Å². The number of hydrogen-bond acceptors (Lipinski definition) is 14. The number of imidazole rings is 2. The number of nitrogens with zero attached hydrogens (tertiary/aromatic N) is 6. The van der Waals surface area contributed by atoms with Crippen LogP contribution in [0.4, 0.5) is 19.2 Å². The van der Waals surface area contributed by atoms with Gasteiger partial charge in [-0.3, -0.25) is 28.3 Å². The molecule has 2 saturated heterocycles. The Balaban J connectivity index is 1.38. The summed E-state index contributed by atoms with van der Waals surface area (Å²) in [5.74, 6) is -2.41. The number of rotatable bonds is 17. The number of ether oxygens (including phenoxy) is 4. The minimum atomic E-state index is -1.04. The van der Waals surface area contributed by atoms with Crippen LogP contribution in [0.25, 0.3) is 33.6 Å². The molecule has 6 rings (SSSR count). The van der Waals surface area contributed by atoms with Crippen LogP contribution in [-0.4, -0.2) is 143 Å². The van der Waals surface area contributed by atoms with Gasteiger partial charge in [-0.1, -0.05) is 104 Å². The zero-order valence-electron chi connectivity index (χ0n) is 45.4. The summed E-state index contributed by atoms with van der Waals surface area (Å²) in [6.45, 7) is 15.2. The lowest BCUT2D eigenvalue weighted by molar-refractivity contribution is -0.136. The summed E-state index contributed by atoms with van der Waals surface area (Å²) >= 11 is 0. The van der Waals surface area contributed by atoms with Gasteiger partial charge in [-0.15, -0.1) is 0 Å². The maximum Gasteiger partial charge on any atom is 0.407 e. The van der Waals surface area contributed by atoms with Crippen LogP contribution >= 0.6 is 0 Å². The number of alkyl carbamates (subject to hydrolysis) is 4. The van der Waals surface area contributed by atoms with E-state index in [1.54, 1.807) is 49.9 Å². The number of benzene rings is 2. The molecule has 0 saturated carbocycles. The maximum atomic E-state index is 14.8. The third-order valence-corrected chi connectivity index (χ3v) is 13.9. The van der Waals surface area contributed by atoms with Gasteiger partial charge in [0, 0.05) is 24.2 Å². The highest BCUT2D eigenvalue weighted by Gasteiger charge is 2.43. The van der Waals surface area contributed by atoms with Crippen molar-refractivity contribution in [2.75, 3.05) is 41.5 Å². The van der Waals surface area contributed by atoms with Crippen LogP contribution < -0.4 is 21.3 Å². The van der Waals surface area contributed by atoms with Gasteiger partial charge in [0.25, 0.3) is 11.8 Å². The molecule has 76 heavy (non-hydrogen) atoms. The smallest absolute Gasteiger partial charge is 0.407 e. The number of hydrogen-bond donors (Lipinski definition) is 4. The molecule has 22 heteroatoms. The van der Waals surface area contributed by atoms with Gasteiger partial charge < -0.3 is 50.0 Å². The topological polar surface area (TPSA) is 264 Å². The number of carbonyl (C=O) groups excluding carboxylic acids is 8. The Hall–Kier alpha value is -7.78. The molecule has 2 aliphatic rings. The summed E-state index contributed by atoms with van der Waals surface area (Å²) in [6, 6.07) is 9.74. The first-order chi connectivity index (χ1) is 36.2. The van der Waals surface area contributed by atoms with Gasteiger partial charge in [0.15, 0.2) is 0 Å². The summed E-state index contributed by atoms with van der Waals surface area (Å²) in [5.41, 5.74) is 3.68. The van der Waals surface area contributed by atoms with Crippen molar-refractivity contribution in [2.24, 2.45) is 23.7 Å². The molecule has 2 aromatic heterocycles. The minimum Gasteiger partial charge on any atom is -0.453 e. The number of amides is 6. The van der Waals surface area contributed by atoms with Gasteiger partial charge in [-0.05, 0) is 60.5 Å². The van der Waals surface area contributed by atoms with Crippen LogP contribution in [0.1, 0.15) is 114 Å². The quantitative estimate of drug-likeness (QED) is 0.0762. The highest BCUT2D eigenvalue weighted by atomic mass is 16.5. The summed E-state index contributed by atoms with van der Waals surface area (Å²) in [7, 11) is 4.88. The lowest BCUT2D eigenvalue weighted by atomic mass is 9.99. The largest absolute Gasteiger partial charge is 0.453 e. The predicted octanol–water partition coefficient (Wildman–Crippen LogP) is 7.21. The Kier molecular flexibility index (Phi) is 19.0. The summed E-state index contributed by atoms with van der Waals surface area (Å²) in [5, 5.41) is 10.7. The highest BCUT2D eigenvalue weighted by molar-refractivity contribution is 5.94. The highest BCUT2D eigenvalue weighted by Crippen LogP contribution is 2.38. The number of likely N-dealkylation sites (tertiary alicyclic amines) is 2. The van der Waals surface area contributed by atoms with E-state index in [1.807, 2.05) is 76.2 Å². The van der Waals surface area contributed by atoms with E-state index in [9.17, 15) is 38.4 Å². The number of methoxy groups -OCH3 is 4. The van der Waals surface area contributed by atoms with E-state index in [0.29, 0.717) is 72.9 Å². The van der Waals surface area contributed by atoms with Crippen LogP contribution in [-0.2, 0) is 28.5 Å². The zero-order valence-corrected chi connectivity index (χ0v) is 45.4. The minimum absolute atomic E-state index is 0.288. The van der Waals surface area contributed by atoms with Crippen LogP contribution in [0, 0.1) is 23.7 Å². The van der Waals surface area contributed by atoms with Crippen LogP contribution in [0.2, 0.25) is 0 Å². The molecule has 6 atom stereocenters. The molecule has 0 unspecified atom stereocenters. The first-order valence-corrected chi connectivity index (χ1v) is 25.6. The van der Waals surface area contributed by atoms with Gasteiger partial charge in [0.1, 0.15) is 35.8 Å². The molecule has 0 bridgehead atoms. The second-order valence-corrected chi connectivity index (χ2v) is 20.3. The maximum absolute atomic E-state index is 14.8. The van der Waals surface area contributed by atoms with E-state index in [2.05, 4.69) is 21.3 Å². The van der Waals surface area contributed by atoms with Crippen molar-refractivity contribution in [1.29, 1.82) is 0 Å². The molecule has 22 nitrogen and oxygen atoms in total. The van der Waals surface area contributed by atoms with Crippen LogP contribution in [0.3, 0.4) is 0 Å².